The molecular formula is C10H15NOS. The summed E-state index contributed by atoms with van der Waals surface area (Å²) in [5.74, 6) is 0. The lowest BCUT2D eigenvalue weighted by atomic mass is 9.94. The van der Waals surface area contributed by atoms with Gasteiger partial charge in [0.15, 0.2) is 0 Å². The summed E-state index contributed by atoms with van der Waals surface area (Å²) in [6, 6.07) is 0. The Hall–Kier alpha value is -0.380. The second-order valence-corrected chi connectivity index (χ2v) is 4.52. The topological polar surface area (TPSA) is 46.2 Å². The van der Waals surface area contributed by atoms with E-state index in [1.165, 1.54) is 29.7 Å². The third kappa shape index (κ3) is 1.64. The number of aliphatic hydroxyl groups excluding tert-OH is 1. The van der Waals surface area contributed by atoms with Crippen molar-refractivity contribution in [1.82, 2.24) is 0 Å². The molecule has 3 N–H and O–H groups in total. The maximum absolute atomic E-state index is 9.66. The van der Waals surface area contributed by atoms with Gasteiger partial charge in [-0.25, -0.2) is 0 Å². The average molecular weight is 197 g/mol. The highest BCUT2D eigenvalue weighted by molar-refractivity contribution is 7.10. The third-order valence-electron chi connectivity index (χ3n) is 2.68. The molecule has 0 radical (unpaired) electrons. The minimum atomic E-state index is -0.446. The maximum atomic E-state index is 9.66. The van der Waals surface area contributed by atoms with Crippen LogP contribution < -0.4 is 5.73 Å². The Kier molecular flexibility index (Phi) is 2.67. The van der Waals surface area contributed by atoms with E-state index in [2.05, 4.69) is 5.38 Å². The fourth-order valence-corrected chi connectivity index (χ4v) is 3.12. The Morgan fingerprint density at radius 3 is 3.00 bits per heavy atom. The van der Waals surface area contributed by atoms with Gasteiger partial charge in [0.1, 0.15) is 0 Å². The molecule has 72 valence electrons. The van der Waals surface area contributed by atoms with Gasteiger partial charge in [-0.05, 0) is 42.2 Å². The van der Waals surface area contributed by atoms with Crippen LogP contribution in [0.1, 0.15) is 34.9 Å². The van der Waals surface area contributed by atoms with Crippen molar-refractivity contribution < 1.29 is 5.11 Å². The molecule has 0 amide bonds. The second-order valence-electron chi connectivity index (χ2n) is 3.55. The first-order chi connectivity index (χ1) is 6.33. The van der Waals surface area contributed by atoms with Crippen molar-refractivity contribution in [2.75, 3.05) is 6.54 Å². The quantitative estimate of drug-likeness (QED) is 0.756. The first kappa shape index (κ1) is 9.19. The zero-order valence-electron chi connectivity index (χ0n) is 7.62. The van der Waals surface area contributed by atoms with Gasteiger partial charge in [-0.1, -0.05) is 0 Å². The van der Waals surface area contributed by atoms with Crippen LogP contribution in [0.5, 0.6) is 0 Å². The highest BCUT2D eigenvalue weighted by Crippen LogP contribution is 2.33. The monoisotopic (exact) mass is 197 g/mol. The lowest BCUT2D eigenvalue weighted by molar-refractivity contribution is 0.186. The molecule has 2 rings (SSSR count). The van der Waals surface area contributed by atoms with Crippen molar-refractivity contribution in [2.45, 2.75) is 31.8 Å². The van der Waals surface area contributed by atoms with Gasteiger partial charge in [0.05, 0.1) is 6.10 Å². The standard InChI is InChI=1S/C10H15NOS/c11-5-9(12)8-6-13-10-4-2-1-3-7(8)10/h6,9,12H,1-5,11H2. The Labute approximate surface area is 82.4 Å². The molecule has 0 saturated heterocycles. The van der Waals surface area contributed by atoms with Crippen LogP contribution in [0.2, 0.25) is 0 Å². The van der Waals surface area contributed by atoms with Crippen molar-refractivity contribution in [2.24, 2.45) is 5.73 Å². The third-order valence-corrected chi connectivity index (χ3v) is 3.78. The van der Waals surface area contributed by atoms with E-state index in [-0.39, 0.29) is 0 Å². The summed E-state index contributed by atoms with van der Waals surface area (Å²) < 4.78 is 0. The van der Waals surface area contributed by atoms with E-state index in [4.69, 9.17) is 5.73 Å². The zero-order chi connectivity index (χ0) is 9.26. The first-order valence-electron chi connectivity index (χ1n) is 4.80. The van der Waals surface area contributed by atoms with Crippen molar-refractivity contribution in [1.29, 1.82) is 0 Å². The minimum Gasteiger partial charge on any atom is -0.387 e. The Morgan fingerprint density at radius 2 is 2.23 bits per heavy atom. The van der Waals surface area contributed by atoms with E-state index in [9.17, 15) is 5.11 Å². The van der Waals surface area contributed by atoms with Gasteiger partial charge in [-0.2, -0.15) is 0 Å². The van der Waals surface area contributed by atoms with E-state index in [0.717, 1.165) is 12.0 Å². The van der Waals surface area contributed by atoms with Crippen molar-refractivity contribution in [3.8, 4) is 0 Å². The highest BCUT2D eigenvalue weighted by Gasteiger charge is 2.19. The Balaban J connectivity index is 2.31. The summed E-state index contributed by atoms with van der Waals surface area (Å²) in [6.07, 6.45) is 4.43. The predicted molar refractivity (Wildman–Crippen MR) is 55.0 cm³/mol. The van der Waals surface area contributed by atoms with Crippen LogP contribution in [0.25, 0.3) is 0 Å². The molecule has 0 aromatic carbocycles. The van der Waals surface area contributed by atoms with E-state index in [1.54, 1.807) is 11.3 Å². The summed E-state index contributed by atoms with van der Waals surface area (Å²) >= 11 is 1.78. The molecule has 0 fully saturated rings. The summed E-state index contributed by atoms with van der Waals surface area (Å²) in [7, 11) is 0. The molecule has 2 nitrogen and oxygen atoms in total. The molecule has 1 unspecified atom stereocenters. The average Bonchev–Trinajstić information content (AvgIpc) is 2.60. The maximum Gasteiger partial charge on any atom is 0.0923 e. The smallest absolute Gasteiger partial charge is 0.0923 e. The molecule has 1 aliphatic carbocycles. The molecule has 1 aromatic heterocycles. The van der Waals surface area contributed by atoms with Crippen molar-refractivity contribution in [3.63, 3.8) is 0 Å². The lowest BCUT2D eigenvalue weighted by Gasteiger charge is -2.14. The number of hydrogen-bond donors (Lipinski definition) is 2. The number of fused-ring (bicyclic) bond motifs is 1. The second kappa shape index (κ2) is 3.78. The molecule has 3 heteroatoms. The summed E-state index contributed by atoms with van der Waals surface area (Å²) in [5, 5.41) is 11.7. The molecule has 1 aromatic rings. The highest BCUT2D eigenvalue weighted by atomic mass is 32.1. The van der Waals surface area contributed by atoms with Crippen LogP contribution in [0, 0.1) is 0 Å². The van der Waals surface area contributed by atoms with Crippen LogP contribution in [0.3, 0.4) is 0 Å². The van der Waals surface area contributed by atoms with Crippen LogP contribution in [0.15, 0.2) is 5.38 Å². The number of aliphatic hydroxyl groups is 1. The lowest BCUT2D eigenvalue weighted by Crippen LogP contribution is -2.13. The Bertz CT molecular complexity index is 295. The molecule has 0 spiro atoms. The van der Waals surface area contributed by atoms with Crippen LogP contribution in [-0.2, 0) is 12.8 Å². The number of aryl methyl sites for hydroxylation is 1. The first-order valence-corrected chi connectivity index (χ1v) is 5.68. The van der Waals surface area contributed by atoms with Crippen LogP contribution >= 0.6 is 11.3 Å². The van der Waals surface area contributed by atoms with Gasteiger partial charge >= 0.3 is 0 Å². The molecular weight excluding hydrogens is 182 g/mol. The SMILES string of the molecule is NCC(O)c1csc2c1CCCC2. The fourth-order valence-electron chi connectivity index (χ4n) is 1.93. The number of hydrogen-bond acceptors (Lipinski definition) is 3. The molecule has 0 bridgehead atoms. The van der Waals surface area contributed by atoms with Crippen molar-refractivity contribution in [3.05, 3.63) is 21.4 Å². The molecule has 0 saturated carbocycles. The van der Waals surface area contributed by atoms with E-state index < -0.39 is 6.10 Å². The zero-order valence-corrected chi connectivity index (χ0v) is 8.44. The Morgan fingerprint density at radius 1 is 1.46 bits per heavy atom. The number of rotatable bonds is 2. The van der Waals surface area contributed by atoms with Crippen LogP contribution in [-0.4, -0.2) is 11.7 Å². The van der Waals surface area contributed by atoms with E-state index in [0.29, 0.717) is 6.54 Å². The van der Waals surface area contributed by atoms with Gasteiger partial charge in [-0.15, -0.1) is 11.3 Å². The molecule has 13 heavy (non-hydrogen) atoms. The summed E-state index contributed by atoms with van der Waals surface area (Å²) in [4.78, 5) is 1.47. The molecule has 1 heterocycles. The summed E-state index contributed by atoms with van der Waals surface area (Å²) in [6.45, 7) is 0.336. The molecule has 0 aliphatic heterocycles. The van der Waals surface area contributed by atoms with Gasteiger partial charge in [0, 0.05) is 11.4 Å². The van der Waals surface area contributed by atoms with Crippen LogP contribution in [0.4, 0.5) is 0 Å². The largest absolute Gasteiger partial charge is 0.387 e. The van der Waals surface area contributed by atoms with Crippen molar-refractivity contribution >= 4 is 11.3 Å². The molecule has 1 atom stereocenters. The molecule has 1 aliphatic rings. The number of nitrogens with two attached hydrogens (primary N) is 1. The fraction of sp³-hybridized carbons (Fsp3) is 0.600. The van der Waals surface area contributed by atoms with E-state index in [1.807, 2.05) is 0 Å². The van der Waals surface area contributed by atoms with Gasteiger partial charge in [0.25, 0.3) is 0 Å². The van der Waals surface area contributed by atoms with Gasteiger partial charge < -0.3 is 10.8 Å². The normalized spacial score (nSPS) is 18.3. The van der Waals surface area contributed by atoms with E-state index >= 15 is 0 Å². The number of thiophene rings is 1. The van der Waals surface area contributed by atoms with Gasteiger partial charge in [0.2, 0.25) is 0 Å². The predicted octanol–water partition coefficient (Wildman–Crippen LogP) is 1.62. The summed E-state index contributed by atoms with van der Waals surface area (Å²) in [5.41, 5.74) is 7.92. The minimum absolute atomic E-state index is 0.336. The van der Waals surface area contributed by atoms with Gasteiger partial charge in [-0.3, -0.25) is 0 Å².